The Bertz CT molecular complexity index is 520. The number of halogens is 1. The number of nitrogens with zero attached hydrogens (tertiary/aromatic N) is 2. The molecule has 1 aliphatic heterocycles. The van der Waals surface area contributed by atoms with Crippen LogP contribution in [0.15, 0.2) is 14.1 Å². The van der Waals surface area contributed by atoms with Gasteiger partial charge < -0.3 is 4.90 Å². The van der Waals surface area contributed by atoms with Gasteiger partial charge in [-0.25, -0.2) is 8.42 Å². The number of likely N-dealkylation sites (N-methyl/N-ethyl adjacent to an activating group) is 1. The summed E-state index contributed by atoms with van der Waals surface area (Å²) in [5.74, 6) is 0. The lowest BCUT2D eigenvalue weighted by atomic mass is 10.2. The van der Waals surface area contributed by atoms with Gasteiger partial charge in [0.25, 0.3) is 10.0 Å². The predicted molar refractivity (Wildman–Crippen MR) is 77.6 cm³/mol. The number of hydrogen-bond donors (Lipinski definition) is 0. The average Bonchev–Trinajstić information content (AvgIpc) is 2.87. The molecule has 18 heavy (non-hydrogen) atoms. The molecule has 0 aliphatic carbocycles. The molecule has 1 saturated heterocycles. The van der Waals surface area contributed by atoms with Crippen LogP contribution in [0.2, 0.25) is 0 Å². The smallest absolute Gasteiger partial charge is 0.252 e. The van der Waals surface area contributed by atoms with Crippen LogP contribution in [0.25, 0.3) is 0 Å². The van der Waals surface area contributed by atoms with E-state index in [2.05, 4.69) is 20.8 Å². The molecule has 0 saturated carbocycles. The van der Waals surface area contributed by atoms with E-state index in [0.717, 1.165) is 15.8 Å². The van der Waals surface area contributed by atoms with E-state index in [4.69, 9.17) is 0 Å². The monoisotopic (exact) mass is 352 g/mol. The maximum atomic E-state index is 12.5. The van der Waals surface area contributed by atoms with Crippen molar-refractivity contribution < 1.29 is 8.42 Å². The second-order valence-corrected chi connectivity index (χ2v) is 9.33. The Labute approximate surface area is 121 Å². The Morgan fingerprint density at radius 2 is 2.17 bits per heavy atom. The zero-order chi connectivity index (χ0) is 13.5. The predicted octanol–water partition coefficient (Wildman–Crippen LogP) is 2.14. The van der Waals surface area contributed by atoms with Crippen LogP contribution in [-0.4, -0.2) is 50.8 Å². The summed E-state index contributed by atoms with van der Waals surface area (Å²) in [5.41, 5.74) is 0.974. The molecule has 2 heterocycles. The van der Waals surface area contributed by atoms with Gasteiger partial charge in [-0.15, -0.1) is 11.3 Å². The van der Waals surface area contributed by atoms with Crippen molar-refractivity contribution in [1.82, 2.24) is 9.21 Å². The maximum Gasteiger partial charge on any atom is 0.252 e. The first-order chi connectivity index (χ1) is 8.32. The van der Waals surface area contributed by atoms with Crippen LogP contribution in [0.1, 0.15) is 12.0 Å². The van der Waals surface area contributed by atoms with E-state index in [1.165, 1.54) is 11.3 Å². The molecule has 0 radical (unpaired) electrons. The molecule has 1 aliphatic rings. The van der Waals surface area contributed by atoms with Crippen molar-refractivity contribution in [2.75, 3.05) is 27.2 Å². The molecular weight excluding hydrogens is 336 g/mol. The number of sulfonamides is 1. The highest BCUT2D eigenvalue weighted by Crippen LogP contribution is 2.33. The Balaban J connectivity index is 2.23. The quantitative estimate of drug-likeness (QED) is 0.836. The third-order valence-electron chi connectivity index (χ3n) is 3.29. The lowest BCUT2D eigenvalue weighted by Crippen LogP contribution is -2.34. The molecule has 102 valence electrons. The first kappa shape index (κ1) is 14.5. The highest BCUT2D eigenvalue weighted by Gasteiger charge is 2.34. The normalized spacial score (nSPS) is 21.9. The minimum atomic E-state index is -3.31. The lowest BCUT2D eigenvalue weighted by Gasteiger charge is -2.19. The third kappa shape index (κ3) is 2.65. The molecule has 1 unspecified atom stereocenters. The number of aryl methyl sites for hydroxylation is 1. The summed E-state index contributed by atoms with van der Waals surface area (Å²) in [6.45, 7) is 3.11. The molecule has 1 atom stereocenters. The number of rotatable bonds is 3. The van der Waals surface area contributed by atoms with E-state index in [9.17, 15) is 8.42 Å². The van der Waals surface area contributed by atoms with Crippen molar-refractivity contribution >= 4 is 37.3 Å². The first-order valence-electron chi connectivity index (χ1n) is 5.75. The van der Waals surface area contributed by atoms with E-state index in [-0.39, 0.29) is 0 Å². The fourth-order valence-electron chi connectivity index (χ4n) is 2.04. The van der Waals surface area contributed by atoms with Crippen molar-refractivity contribution in [1.29, 1.82) is 0 Å². The first-order valence-corrected chi connectivity index (χ1v) is 8.80. The van der Waals surface area contributed by atoms with Crippen LogP contribution < -0.4 is 0 Å². The summed E-state index contributed by atoms with van der Waals surface area (Å²) in [6, 6.07) is 2.07. The topological polar surface area (TPSA) is 40.6 Å². The number of thiophene rings is 1. The summed E-state index contributed by atoms with van der Waals surface area (Å²) in [7, 11) is 0.674. The molecule has 0 N–H and O–H groups in total. The molecule has 7 heteroatoms. The summed E-state index contributed by atoms with van der Waals surface area (Å²) >= 11 is 4.67. The minimum absolute atomic E-state index is 0.323. The highest BCUT2D eigenvalue weighted by molar-refractivity contribution is 9.11. The van der Waals surface area contributed by atoms with Crippen molar-refractivity contribution in [3.05, 3.63) is 15.4 Å². The zero-order valence-corrected chi connectivity index (χ0v) is 13.9. The maximum absolute atomic E-state index is 12.5. The SMILES string of the molecule is Cc1cc(S(=O)(=O)N2CCC(N(C)C)C2)sc1Br. The van der Waals surface area contributed by atoms with Crippen LogP contribution in [0, 0.1) is 6.92 Å². The van der Waals surface area contributed by atoms with Gasteiger partial charge in [-0.1, -0.05) is 0 Å². The fourth-order valence-corrected chi connectivity index (χ4v) is 5.91. The summed E-state index contributed by atoms with van der Waals surface area (Å²) in [5, 5.41) is 0. The van der Waals surface area contributed by atoms with E-state index in [1.54, 1.807) is 10.4 Å². The van der Waals surface area contributed by atoms with Crippen molar-refractivity contribution in [2.45, 2.75) is 23.6 Å². The molecule has 1 aromatic heterocycles. The minimum Gasteiger partial charge on any atom is -0.305 e. The van der Waals surface area contributed by atoms with Crippen LogP contribution in [0.3, 0.4) is 0 Å². The van der Waals surface area contributed by atoms with Crippen LogP contribution in [0.5, 0.6) is 0 Å². The van der Waals surface area contributed by atoms with Crippen molar-refractivity contribution in [2.24, 2.45) is 0 Å². The molecule has 1 aromatic rings. The van der Waals surface area contributed by atoms with E-state index >= 15 is 0 Å². The van der Waals surface area contributed by atoms with Gasteiger partial charge in [0.05, 0.1) is 3.79 Å². The molecule has 2 rings (SSSR count). The average molecular weight is 353 g/mol. The van der Waals surface area contributed by atoms with Crippen molar-refractivity contribution in [3.63, 3.8) is 0 Å². The van der Waals surface area contributed by atoms with Gasteiger partial charge in [-0.2, -0.15) is 4.31 Å². The molecule has 0 amide bonds. The highest BCUT2D eigenvalue weighted by atomic mass is 79.9. The standard InChI is InChI=1S/C11H17BrN2O2S2/c1-8-6-10(17-11(8)12)18(15,16)14-5-4-9(7-14)13(2)3/h6,9H,4-5,7H2,1-3H3. The number of hydrogen-bond acceptors (Lipinski definition) is 4. The summed E-state index contributed by atoms with van der Waals surface area (Å²) < 4.78 is 27.9. The third-order valence-corrected chi connectivity index (χ3v) is 7.74. The molecule has 0 bridgehead atoms. The van der Waals surface area contributed by atoms with Gasteiger partial charge >= 0.3 is 0 Å². The molecular formula is C11H17BrN2O2S2. The van der Waals surface area contributed by atoms with Crippen LogP contribution in [0.4, 0.5) is 0 Å². The Kier molecular flexibility index (Phi) is 4.18. The van der Waals surface area contributed by atoms with Gasteiger partial charge in [0, 0.05) is 19.1 Å². The van der Waals surface area contributed by atoms with Crippen molar-refractivity contribution in [3.8, 4) is 0 Å². The molecule has 0 spiro atoms. The van der Waals surface area contributed by atoms with Gasteiger partial charge in [0.2, 0.25) is 0 Å². The summed E-state index contributed by atoms with van der Waals surface area (Å²) in [4.78, 5) is 2.09. The zero-order valence-electron chi connectivity index (χ0n) is 10.7. The van der Waals surface area contributed by atoms with Gasteiger partial charge in [-0.05, 0) is 55.0 Å². The van der Waals surface area contributed by atoms with Gasteiger partial charge in [0.1, 0.15) is 4.21 Å². The van der Waals surface area contributed by atoms with E-state index < -0.39 is 10.0 Å². The van der Waals surface area contributed by atoms with E-state index in [0.29, 0.717) is 23.3 Å². The Morgan fingerprint density at radius 3 is 2.61 bits per heavy atom. The Morgan fingerprint density at radius 1 is 1.50 bits per heavy atom. The van der Waals surface area contributed by atoms with E-state index in [1.807, 2.05) is 21.0 Å². The largest absolute Gasteiger partial charge is 0.305 e. The Hall–Kier alpha value is 0.0500. The molecule has 0 aromatic carbocycles. The molecule has 1 fully saturated rings. The molecule has 4 nitrogen and oxygen atoms in total. The second-order valence-electron chi connectivity index (χ2n) is 4.79. The summed E-state index contributed by atoms with van der Waals surface area (Å²) in [6.07, 6.45) is 0.901. The fraction of sp³-hybridized carbons (Fsp3) is 0.636. The van der Waals surface area contributed by atoms with Gasteiger partial charge in [-0.3, -0.25) is 0 Å². The lowest BCUT2D eigenvalue weighted by molar-refractivity contribution is 0.302. The second kappa shape index (κ2) is 5.20. The van der Waals surface area contributed by atoms with Crippen LogP contribution >= 0.6 is 27.3 Å². The van der Waals surface area contributed by atoms with Crippen LogP contribution in [-0.2, 0) is 10.0 Å². The van der Waals surface area contributed by atoms with Gasteiger partial charge in [0.15, 0.2) is 0 Å².